The summed E-state index contributed by atoms with van der Waals surface area (Å²) in [5.74, 6) is 0. The van der Waals surface area contributed by atoms with Crippen LogP contribution < -0.4 is 5.32 Å². The fraction of sp³-hybridized carbons (Fsp3) is 0.462. The van der Waals surface area contributed by atoms with E-state index in [0.29, 0.717) is 0 Å². The Morgan fingerprint density at radius 1 is 1.17 bits per heavy atom. The van der Waals surface area contributed by atoms with E-state index >= 15 is 0 Å². The number of rotatable bonds is 5. The molecule has 0 saturated heterocycles. The number of nitrogens with one attached hydrogen (secondary N) is 1. The Hall–Kier alpha value is -0.290. The van der Waals surface area contributed by atoms with Gasteiger partial charge in [0, 0.05) is 17.8 Å². The Labute approximate surface area is 124 Å². The van der Waals surface area contributed by atoms with E-state index in [2.05, 4.69) is 26.1 Å². The summed E-state index contributed by atoms with van der Waals surface area (Å²) in [4.78, 5) is 0. The third kappa shape index (κ3) is 4.43. The maximum Gasteiger partial charge on any atom is 0.523 e. The monoisotopic (exact) mass is 303 g/mol. The summed E-state index contributed by atoms with van der Waals surface area (Å²) < 4.78 is 1.75. The van der Waals surface area contributed by atoms with Gasteiger partial charge in [-0.3, -0.25) is 3.89 Å². The van der Waals surface area contributed by atoms with Crippen LogP contribution >= 0.6 is 24.2 Å². The third-order valence-electron chi connectivity index (χ3n) is 3.10. The average molecular weight is 304 g/mol. The minimum atomic E-state index is 0.736. The number of nitrogens with zero attached hydrogens (tertiary/aromatic N) is 1. The highest BCUT2D eigenvalue weighted by Gasteiger charge is 2.25. The number of benzene rings is 1. The quantitative estimate of drug-likeness (QED) is 0.504. The molecule has 1 aromatic rings. The van der Waals surface area contributed by atoms with E-state index in [4.69, 9.17) is 23.8 Å². The molecule has 99 valence electrons. The number of anilines is 1. The second-order valence-electron chi connectivity index (χ2n) is 4.02. The Morgan fingerprint density at radius 3 is 2.11 bits per heavy atom. The van der Waals surface area contributed by atoms with Crippen molar-refractivity contribution in [1.29, 1.82) is 0 Å². The first-order chi connectivity index (χ1) is 8.55. The number of hydrogen-bond acceptors (Lipinski definition) is 2. The van der Waals surface area contributed by atoms with Gasteiger partial charge < -0.3 is 5.32 Å². The third-order valence-corrected chi connectivity index (χ3v) is 5.10. The normalized spacial score (nSPS) is 11.3. The van der Waals surface area contributed by atoms with Gasteiger partial charge in [-0.2, -0.15) is 0 Å². The molecule has 0 aromatic heterocycles. The summed E-state index contributed by atoms with van der Waals surface area (Å²) in [5.41, 5.74) is 0.985. The summed E-state index contributed by atoms with van der Waals surface area (Å²) in [6.45, 7) is 9.81. The van der Waals surface area contributed by atoms with Gasteiger partial charge in [-0.05, 0) is 45.1 Å². The topological polar surface area (TPSA) is 12.0 Å². The molecule has 1 aromatic carbocycles. The van der Waals surface area contributed by atoms with E-state index in [9.17, 15) is 0 Å². The first-order valence-corrected chi connectivity index (χ1v) is 7.73. The maximum absolute atomic E-state index is 5.85. The SMILES string of the molecule is CC[N+](CC)(CC)SC(=S)Nc1ccc([Cl+])cc1. The van der Waals surface area contributed by atoms with Gasteiger partial charge in [-0.1, -0.05) is 0 Å². The van der Waals surface area contributed by atoms with Crippen molar-refractivity contribution >= 4 is 34.2 Å². The van der Waals surface area contributed by atoms with Gasteiger partial charge in [0.2, 0.25) is 0 Å². The molecule has 18 heavy (non-hydrogen) atoms. The first-order valence-electron chi connectivity index (χ1n) is 6.17. The highest BCUT2D eigenvalue weighted by atomic mass is 35.5. The van der Waals surface area contributed by atoms with E-state index in [1.54, 1.807) is 11.9 Å². The summed E-state index contributed by atoms with van der Waals surface area (Å²) >= 11 is 13.0. The maximum atomic E-state index is 5.85. The zero-order valence-corrected chi connectivity index (χ0v) is 13.5. The lowest BCUT2D eigenvalue weighted by Crippen LogP contribution is -2.42. The Morgan fingerprint density at radius 2 is 1.67 bits per heavy atom. The van der Waals surface area contributed by atoms with Gasteiger partial charge in [0.05, 0.1) is 19.6 Å². The van der Waals surface area contributed by atoms with Crippen molar-refractivity contribution in [2.75, 3.05) is 25.0 Å². The largest absolute Gasteiger partial charge is 0.523 e. The summed E-state index contributed by atoms with van der Waals surface area (Å²) in [6.07, 6.45) is 0. The van der Waals surface area contributed by atoms with Crippen molar-refractivity contribution in [1.82, 2.24) is 0 Å². The predicted molar refractivity (Wildman–Crippen MR) is 81.3 cm³/mol. The van der Waals surface area contributed by atoms with Crippen LogP contribution in [0.15, 0.2) is 24.3 Å². The fourth-order valence-corrected chi connectivity index (χ4v) is 3.33. The fourth-order valence-electron chi connectivity index (χ4n) is 1.71. The molecule has 1 N–H and O–H groups in total. The summed E-state index contributed by atoms with van der Waals surface area (Å²) in [7, 11) is 0. The van der Waals surface area contributed by atoms with Crippen LogP contribution in [-0.4, -0.2) is 27.8 Å². The van der Waals surface area contributed by atoms with Crippen LogP contribution in [0.4, 0.5) is 5.69 Å². The highest BCUT2D eigenvalue weighted by Crippen LogP contribution is 2.24. The van der Waals surface area contributed by atoms with E-state index in [1.165, 1.54) is 0 Å². The lowest BCUT2D eigenvalue weighted by atomic mass is 10.3. The second kappa shape index (κ2) is 7.34. The Kier molecular flexibility index (Phi) is 6.43. The molecular formula is C13H20ClN2S2+2. The van der Waals surface area contributed by atoms with Gasteiger partial charge in [0.15, 0.2) is 4.32 Å². The first kappa shape index (κ1) is 15.8. The van der Waals surface area contributed by atoms with Crippen molar-refractivity contribution in [3.05, 3.63) is 29.3 Å². The molecule has 5 heteroatoms. The van der Waals surface area contributed by atoms with Crippen molar-refractivity contribution in [3.63, 3.8) is 0 Å². The molecule has 0 fully saturated rings. The predicted octanol–water partition coefficient (Wildman–Crippen LogP) is 3.87. The molecule has 0 bridgehead atoms. The van der Waals surface area contributed by atoms with Crippen LogP contribution in [0.5, 0.6) is 0 Å². The van der Waals surface area contributed by atoms with Gasteiger partial charge in [-0.25, -0.2) is 0 Å². The van der Waals surface area contributed by atoms with Crippen molar-refractivity contribution in [2.45, 2.75) is 20.8 Å². The molecule has 0 saturated carbocycles. The molecule has 1 radical (unpaired) electrons. The van der Waals surface area contributed by atoms with E-state index in [1.807, 2.05) is 24.3 Å². The van der Waals surface area contributed by atoms with Crippen LogP contribution in [0, 0.1) is 11.6 Å². The number of halogens is 1. The molecular weight excluding hydrogens is 284 g/mol. The minimum absolute atomic E-state index is 0.736. The van der Waals surface area contributed by atoms with E-state index in [0.717, 1.165) is 38.6 Å². The molecule has 1 rings (SSSR count). The molecule has 0 aliphatic carbocycles. The number of hydrogen-bond donors (Lipinski definition) is 1. The summed E-state index contributed by atoms with van der Waals surface area (Å²) in [5, 5.41) is 3.98. The van der Waals surface area contributed by atoms with E-state index < -0.39 is 0 Å². The number of quaternary nitrogens is 1. The summed E-state index contributed by atoms with van der Waals surface area (Å²) in [6, 6.07) is 7.60. The molecule has 2 nitrogen and oxygen atoms in total. The lowest BCUT2D eigenvalue weighted by Gasteiger charge is -2.32. The smallest absolute Gasteiger partial charge is 0.337 e. The Balaban J connectivity index is 2.63. The molecule has 0 aliphatic rings. The highest BCUT2D eigenvalue weighted by molar-refractivity contribution is 8.19. The second-order valence-corrected chi connectivity index (χ2v) is 6.49. The van der Waals surface area contributed by atoms with Crippen molar-refractivity contribution in [3.8, 4) is 0 Å². The molecule has 0 spiro atoms. The molecule has 0 heterocycles. The molecule has 0 atom stereocenters. The Bertz CT molecular complexity index is 380. The van der Waals surface area contributed by atoms with Gasteiger partial charge in [0.25, 0.3) is 0 Å². The van der Waals surface area contributed by atoms with Crippen molar-refractivity contribution < 1.29 is 15.5 Å². The van der Waals surface area contributed by atoms with Crippen LogP contribution in [0.25, 0.3) is 0 Å². The molecule has 0 aliphatic heterocycles. The van der Waals surface area contributed by atoms with Crippen LogP contribution in [-0.2, 0) is 0 Å². The minimum Gasteiger partial charge on any atom is -0.337 e. The standard InChI is InChI=1S/C13H19ClN2S2/c1-4-16(5-2,6-3)18-13(17)15-12-9-7-11(14)8-10-12/h7-10H,4-6H2,1-3H3/q+1/p+1. The average Bonchev–Trinajstić information content (AvgIpc) is 2.39. The zero-order valence-electron chi connectivity index (χ0n) is 11.1. The van der Waals surface area contributed by atoms with Crippen LogP contribution in [0.3, 0.4) is 0 Å². The lowest BCUT2D eigenvalue weighted by molar-refractivity contribution is -0.788. The number of thiocarbonyl (C=S) groups is 1. The van der Waals surface area contributed by atoms with Crippen molar-refractivity contribution in [2.24, 2.45) is 0 Å². The van der Waals surface area contributed by atoms with Gasteiger partial charge in [-0.15, -0.1) is 0 Å². The molecule has 0 unspecified atom stereocenters. The van der Waals surface area contributed by atoms with Gasteiger partial charge in [0.1, 0.15) is 11.9 Å². The van der Waals surface area contributed by atoms with E-state index in [-0.39, 0.29) is 0 Å². The zero-order chi connectivity index (χ0) is 13.6. The molecule has 0 amide bonds. The van der Waals surface area contributed by atoms with Crippen LogP contribution in [0.2, 0.25) is 5.02 Å². The van der Waals surface area contributed by atoms with Crippen LogP contribution in [0.1, 0.15) is 20.8 Å². The van der Waals surface area contributed by atoms with Gasteiger partial charge >= 0.3 is 16.6 Å².